The molecule has 0 amide bonds. The van der Waals surface area contributed by atoms with Crippen molar-refractivity contribution in [3.8, 4) is 11.9 Å². The summed E-state index contributed by atoms with van der Waals surface area (Å²) in [6.07, 6.45) is 6.15. The van der Waals surface area contributed by atoms with Gasteiger partial charge >= 0.3 is 0 Å². The van der Waals surface area contributed by atoms with Crippen LogP contribution in [-0.2, 0) is 16.1 Å². The van der Waals surface area contributed by atoms with Crippen molar-refractivity contribution >= 4 is 17.5 Å². The zero-order chi connectivity index (χ0) is 28.8. The average molecular weight is 790 g/mol. The molecule has 3 heterocycles. The maximum atomic E-state index is 14.2. The molecule has 0 bridgehead atoms. The number of hydrogen-bond acceptors (Lipinski definition) is 7. The van der Waals surface area contributed by atoms with Gasteiger partial charge in [-0.15, -0.1) is 17.7 Å². The third-order valence-electron chi connectivity index (χ3n) is 7.49. The summed E-state index contributed by atoms with van der Waals surface area (Å²) >= 11 is 0. The van der Waals surface area contributed by atoms with Gasteiger partial charge in [0.1, 0.15) is 12.4 Å². The van der Waals surface area contributed by atoms with Gasteiger partial charge in [-0.05, 0) is 49.2 Å². The second-order valence-corrected chi connectivity index (χ2v) is 10.3. The number of hydrogen-bond donors (Lipinski definition) is 0. The maximum absolute atomic E-state index is 14.2. The van der Waals surface area contributed by atoms with E-state index in [0.29, 0.717) is 30.1 Å². The van der Waals surface area contributed by atoms with Crippen LogP contribution in [0, 0.1) is 55.2 Å². The monoisotopic (exact) mass is 789 g/mol. The predicted octanol–water partition coefficient (Wildman–Crippen LogP) is 5.34. The molecule has 2 aliphatic rings. The van der Waals surface area contributed by atoms with Crippen molar-refractivity contribution in [2.24, 2.45) is 0 Å². The molecule has 0 radical (unpaired) electrons. The van der Waals surface area contributed by atoms with Gasteiger partial charge < -0.3 is 19.2 Å². The predicted molar refractivity (Wildman–Crippen MR) is 156 cm³/mol. The van der Waals surface area contributed by atoms with Gasteiger partial charge in [-0.2, -0.15) is 11.3 Å². The minimum absolute atomic E-state index is 0. The third-order valence-corrected chi connectivity index (χ3v) is 7.49. The van der Waals surface area contributed by atoms with Crippen LogP contribution in [0.4, 0.5) is 10.1 Å². The summed E-state index contributed by atoms with van der Waals surface area (Å²) in [6, 6.07) is 17.5. The normalized spacial score (nSPS) is 16.3. The Kier molecular flexibility index (Phi) is 11.1. The molecule has 1 atom stereocenters. The number of anilines is 1. The molecular formula is C33H32FN4O3U-. The Morgan fingerprint density at radius 3 is 2.79 bits per heavy atom. The van der Waals surface area contributed by atoms with E-state index in [1.165, 1.54) is 6.07 Å². The van der Waals surface area contributed by atoms with Gasteiger partial charge in [-0.1, -0.05) is 30.4 Å². The topological polar surface area (TPSA) is 78.7 Å². The summed E-state index contributed by atoms with van der Waals surface area (Å²) < 4.78 is 25.7. The fourth-order valence-electron chi connectivity index (χ4n) is 4.98. The Balaban J connectivity index is 0.00000405. The molecule has 9 heteroatoms. The second-order valence-electron chi connectivity index (χ2n) is 10.3. The van der Waals surface area contributed by atoms with Crippen molar-refractivity contribution in [2.45, 2.75) is 32.5 Å². The van der Waals surface area contributed by atoms with Gasteiger partial charge in [0.2, 0.25) is 5.88 Å². The van der Waals surface area contributed by atoms with Gasteiger partial charge in [0.15, 0.2) is 0 Å². The number of nitrogens with zero attached hydrogens (tertiary/aromatic N) is 4. The molecule has 0 spiro atoms. The summed E-state index contributed by atoms with van der Waals surface area (Å²) in [5.74, 6) is -0.0532. The summed E-state index contributed by atoms with van der Waals surface area (Å²) in [4.78, 5) is 20.5. The molecule has 1 fully saturated rings. The first-order chi connectivity index (χ1) is 19.9. The molecule has 0 saturated carbocycles. The van der Waals surface area contributed by atoms with Crippen molar-refractivity contribution in [1.82, 2.24) is 9.88 Å². The van der Waals surface area contributed by atoms with E-state index in [2.05, 4.69) is 27.4 Å². The van der Waals surface area contributed by atoms with E-state index in [-0.39, 0.29) is 49.4 Å². The molecule has 2 aromatic carbocycles. The van der Waals surface area contributed by atoms with E-state index in [9.17, 15) is 9.18 Å². The molecule has 42 heavy (non-hydrogen) atoms. The van der Waals surface area contributed by atoms with Gasteiger partial charge in [0.25, 0.3) is 0 Å². The number of carbonyl (C=O) groups excluding carboxylic acids is 1. The van der Waals surface area contributed by atoms with Crippen LogP contribution in [0.25, 0.3) is 5.57 Å². The number of aromatic nitrogens is 1. The second kappa shape index (κ2) is 14.8. The fourth-order valence-corrected chi connectivity index (χ4v) is 4.98. The van der Waals surface area contributed by atoms with E-state index in [1.807, 2.05) is 43.5 Å². The van der Waals surface area contributed by atoms with Crippen molar-refractivity contribution in [3.63, 3.8) is 0 Å². The maximum Gasteiger partial charge on any atom is 0.214 e. The average Bonchev–Trinajstić information content (AvgIpc) is 2.97. The van der Waals surface area contributed by atoms with E-state index in [0.717, 1.165) is 60.8 Å². The summed E-state index contributed by atoms with van der Waals surface area (Å²) in [7, 11) is 0. The van der Waals surface area contributed by atoms with E-state index >= 15 is 0 Å². The Morgan fingerprint density at radius 2 is 2.12 bits per heavy atom. The zero-order valence-electron chi connectivity index (χ0n) is 23.6. The standard InChI is InChI=1S/C33H32FN4O3.U/c1-23-6-7-26(21-39)17-32(23)38(20-29-12-15-40-29)24(2)19-37-13-10-27(11-14-37)31-4-3-5-33(36-31)41-22-28-9-8-25(18-35)16-30(28)34;/h3-10,16-17,29H,2,11-15,19-20,22H2,1H3;/q-1;. The Labute approximate surface area is 270 Å². The number of nitriles is 1. The van der Waals surface area contributed by atoms with Gasteiger partial charge in [-0.25, -0.2) is 9.37 Å². The van der Waals surface area contributed by atoms with Crippen LogP contribution in [-0.4, -0.2) is 55.1 Å². The van der Waals surface area contributed by atoms with E-state index in [1.54, 1.807) is 24.3 Å². The first-order valence-corrected chi connectivity index (χ1v) is 13.7. The van der Waals surface area contributed by atoms with Gasteiger partial charge in [-0.3, -0.25) is 4.90 Å². The first kappa shape index (κ1) is 31.7. The number of halogens is 1. The minimum Gasteiger partial charge on any atom is -0.473 e. The summed E-state index contributed by atoms with van der Waals surface area (Å²) in [5.41, 5.74) is 6.11. The minimum atomic E-state index is -0.472. The van der Waals surface area contributed by atoms with E-state index < -0.39 is 5.82 Å². The fraction of sp³-hybridized carbons (Fsp3) is 0.303. The SMILES string of the molecule is C=C(CN1CC=C(c2cccc(OCc3ccc(C#N)cc3F)n2)CC1)N(CC1CCO1)c1cc([C-]=O)ccc1C.[U]. The Hall–Kier alpha value is -3.27. The molecular weight excluding hydrogens is 757 g/mol. The zero-order valence-corrected chi connectivity index (χ0v) is 27.8. The molecule has 214 valence electrons. The van der Waals surface area contributed by atoms with Crippen LogP contribution in [0.15, 0.2) is 72.9 Å². The molecule has 7 nitrogen and oxygen atoms in total. The van der Waals surface area contributed by atoms with Gasteiger partial charge in [0.05, 0.1) is 29.7 Å². The van der Waals surface area contributed by atoms with Crippen molar-refractivity contribution in [2.75, 3.05) is 37.7 Å². The van der Waals surface area contributed by atoms with Crippen LogP contribution in [0.3, 0.4) is 0 Å². The Bertz CT molecular complexity index is 1520. The van der Waals surface area contributed by atoms with Crippen LogP contribution >= 0.6 is 0 Å². The summed E-state index contributed by atoms with van der Waals surface area (Å²) in [5, 5.41) is 8.93. The molecule has 0 N–H and O–H groups in total. The molecule has 3 aromatic rings. The van der Waals surface area contributed by atoms with Gasteiger partial charge in [0, 0.05) is 81.2 Å². The molecule has 1 aromatic heterocycles. The molecule has 0 aliphatic carbocycles. The smallest absolute Gasteiger partial charge is 0.214 e. The molecule has 1 saturated heterocycles. The van der Waals surface area contributed by atoms with Crippen molar-refractivity contribution < 1.29 is 49.8 Å². The quantitative estimate of drug-likeness (QED) is 0.243. The molecule has 2 aliphatic heterocycles. The Morgan fingerprint density at radius 1 is 1.29 bits per heavy atom. The van der Waals surface area contributed by atoms with Crippen LogP contribution in [0.1, 0.15) is 40.8 Å². The third kappa shape index (κ3) is 7.76. The van der Waals surface area contributed by atoms with E-state index in [4.69, 9.17) is 14.7 Å². The van der Waals surface area contributed by atoms with Crippen molar-refractivity contribution in [3.05, 3.63) is 107 Å². The van der Waals surface area contributed by atoms with Crippen LogP contribution in [0.2, 0.25) is 0 Å². The number of rotatable bonds is 11. The van der Waals surface area contributed by atoms with Crippen LogP contribution in [0.5, 0.6) is 5.88 Å². The molecule has 1 unspecified atom stereocenters. The number of ether oxygens (including phenoxy) is 2. The van der Waals surface area contributed by atoms with Crippen LogP contribution < -0.4 is 9.64 Å². The van der Waals surface area contributed by atoms with Crippen molar-refractivity contribution in [1.29, 1.82) is 5.26 Å². The molecule has 5 rings (SSSR count). The largest absolute Gasteiger partial charge is 0.473 e. The number of aryl methyl sites for hydroxylation is 1. The number of benzene rings is 2. The first-order valence-electron chi connectivity index (χ1n) is 13.7. The number of pyridine rings is 1. The summed E-state index contributed by atoms with van der Waals surface area (Å²) in [6.45, 7) is 10.2.